The average molecular weight is 809 g/mol. The van der Waals surface area contributed by atoms with Crippen LogP contribution in [0.3, 0.4) is 0 Å². The summed E-state index contributed by atoms with van der Waals surface area (Å²) in [6.07, 6.45) is 13.5. The second-order valence-corrected chi connectivity index (χ2v) is 20.0. The van der Waals surface area contributed by atoms with Crippen LogP contribution in [0.2, 0.25) is 0 Å². The minimum atomic E-state index is -3.27. The van der Waals surface area contributed by atoms with Gasteiger partial charge in [0.25, 0.3) is 0 Å². The summed E-state index contributed by atoms with van der Waals surface area (Å²) in [6.45, 7) is 4.12. The van der Waals surface area contributed by atoms with Crippen molar-refractivity contribution >= 4 is 42.0 Å². The van der Waals surface area contributed by atoms with Gasteiger partial charge < -0.3 is 9.47 Å². The maximum atomic E-state index is 14.2. The van der Waals surface area contributed by atoms with Crippen LogP contribution in [-0.2, 0) is 29.1 Å². The fraction of sp³-hybridized carbons (Fsp3) is 0.319. The molecule has 0 N–H and O–H groups in total. The Kier molecular flexibility index (Phi) is 10.2. The number of hydrogen-bond acceptors (Lipinski definition) is 6. The van der Waals surface area contributed by atoms with Crippen molar-refractivity contribution < 1.29 is 35.1 Å². The second-order valence-electron chi connectivity index (χ2n) is 15.9. The highest BCUT2D eigenvalue weighted by molar-refractivity contribution is 7.91. The molecule has 2 spiro atoms. The van der Waals surface area contributed by atoms with E-state index in [-0.39, 0.29) is 16.5 Å². The molecule has 0 atom stereocenters. The Morgan fingerprint density at radius 2 is 1.02 bits per heavy atom. The highest BCUT2D eigenvalue weighted by atomic mass is 32.2. The Hall–Kier alpha value is -4.80. The fourth-order valence-corrected chi connectivity index (χ4v) is 10.4. The summed E-state index contributed by atoms with van der Waals surface area (Å²) in [5.74, 6) is 0.956. The van der Waals surface area contributed by atoms with E-state index >= 15 is 0 Å². The Balaban J connectivity index is 0.000000161. The topological polar surface area (TPSA) is 86.7 Å². The van der Waals surface area contributed by atoms with Crippen molar-refractivity contribution in [2.45, 2.75) is 91.6 Å². The van der Waals surface area contributed by atoms with Crippen LogP contribution in [0.1, 0.15) is 92.9 Å². The zero-order chi connectivity index (χ0) is 40.2. The number of halogens is 2. The molecule has 5 aliphatic rings. The SMILES string of the molecule is C=C1OC2(CCCC2)C(c2ccc(S(C)(=O)=O)cc2)=C1c1ccc(F)cc1.CS(=O)(=O)c1ccc(C2=C(c3cccc(F)c3)C(=C3CCC3)OC23CCCC3)cc1. The summed E-state index contributed by atoms with van der Waals surface area (Å²) < 4.78 is 88.1. The van der Waals surface area contributed by atoms with Crippen molar-refractivity contribution in [2.24, 2.45) is 0 Å². The molecule has 0 amide bonds. The van der Waals surface area contributed by atoms with E-state index in [0.717, 1.165) is 121 Å². The molecule has 2 heterocycles. The summed E-state index contributed by atoms with van der Waals surface area (Å²) in [5.41, 5.74) is 7.99. The smallest absolute Gasteiger partial charge is 0.175 e. The number of benzene rings is 4. The molecule has 6 nitrogen and oxygen atoms in total. The lowest BCUT2D eigenvalue weighted by molar-refractivity contribution is 0.0786. The van der Waals surface area contributed by atoms with E-state index in [4.69, 9.17) is 9.47 Å². The Morgan fingerprint density at radius 1 is 0.544 bits per heavy atom. The molecule has 4 aromatic rings. The number of ether oxygens (including phenoxy) is 2. The van der Waals surface area contributed by atoms with E-state index in [9.17, 15) is 25.6 Å². The molecule has 10 heteroatoms. The zero-order valence-electron chi connectivity index (χ0n) is 32.2. The van der Waals surface area contributed by atoms with Gasteiger partial charge in [-0.15, -0.1) is 0 Å². The van der Waals surface area contributed by atoms with Gasteiger partial charge in [0.2, 0.25) is 0 Å². The number of allylic oxidation sites excluding steroid dienone is 3. The molecule has 2 aliphatic heterocycles. The van der Waals surface area contributed by atoms with E-state index in [0.29, 0.717) is 10.7 Å². The normalized spacial score (nSPS) is 19.8. The quantitative estimate of drug-likeness (QED) is 0.193. The zero-order valence-corrected chi connectivity index (χ0v) is 33.9. The lowest BCUT2D eigenvalue weighted by Crippen LogP contribution is -2.26. The molecule has 3 aliphatic carbocycles. The van der Waals surface area contributed by atoms with Gasteiger partial charge in [-0.3, -0.25) is 0 Å². The van der Waals surface area contributed by atoms with E-state index < -0.39 is 30.9 Å². The Bertz CT molecular complexity index is 2550. The molecule has 0 aromatic heterocycles. The van der Waals surface area contributed by atoms with Crippen molar-refractivity contribution in [3.8, 4) is 0 Å². The van der Waals surface area contributed by atoms with Gasteiger partial charge in [0.1, 0.15) is 34.4 Å². The van der Waals surface area contributed by atoms with Crippen LogP contribution in [0.25, 0.3) is 22.3 Å². The minimum Gasteiger partial charge on any atom is -0.482 e. The Morgan fingerprint density at radius 3 is 1.47 bits per heavy atom. The van der Waals surface area contributed by atoms with Gasteiger partial charge in [0, 0.05) is 34.8 Å². The Labute approximate surface area is 334 Å². The van der Waals surface area contributed by atoms with Crippen molar-refractivity contribution in [2.75, 3.05) is 12.5 Å². The van der Waals surface area contributed by atoms with Crippen LogP contribution in [0, 0.1) is 11.6 Å². The highest BCUT2D eigenvalue weighted by Gasteiger charge is 2.50. The van der Waals surface area contributed by atoms with E-state index in [2.05, 4.69) is 6.58 Å². The third kappa shape index (κ3) is 7.42. The van der Waals surface area contributed by atoms with Gasteiger partial charge in [-0.1, -0.05) is 55.1 Å². The number of hydrogen-bond donors (Lipinski definition) is 0. The average Bonchev–Trinajstić information content (AvgIpc) is 3.94. The molecular formula is C47H46F2O6S2. The maximum Gasteiger partial charge on any atom is 0.175 e. The predicted octanol–water partition coefficient (Wildman–Crippen LogP) is 10.9. The van der Waals surface area contributed by atoms with Gasteiger partial charge in [0.05, 0.1) is 9.79 Å². The summed E-state index contributed by atoms with van der Waals surface area (Å²) in [7, 11) is -6.53. The first-order valence-corrected chi connectivity index (χ1v) is 23.4. The molecule has 57 heavy (non-hydrogen) atoms. The molecule has 0 saturated heterocycles. The van der Waals surface area contributed by atoms with Gasteiger partial charge in [-0.2, -0.15) is 0 Å². The van der Waals surface area contributed by atoms with Crippen LogP contribution in [0.15, 0.2) is 131 Å². The van der Waals surface area contributed by atoms with Crippen molar-refractivity contribution in [3.05, 3.63) is 155 Å². The lowest BCUT2D eigenvalue weighted by Gasteiger charge is -2.29. The largest absolute Gasteiger partial charge is 0.482 e. The van der Waals surface area contributed by atoms with E-state index in [1.54, 1.807) is 48.5 Å². The first kappa shape index (κ1) is 39.0. The van der Waals surface area contributed by atoms with Crippen molar-refractivity contribution in [3.63, 3.8) is 0 Å². The van der Waals surface area contributed by atoms with Gasteiger partial charge in [0.15, 0.2) is 19.7 Å². The van der Waals surface area contributed by atoms with Crippen molar-refractivity contribution in [1.82, 2.24) is 0 Å². The van der Waals surface area contributed by atoms with Gasteiger partial charge in [-0.25, -0.2) is 25.6 Å². The fourth-order valence-electron chi connectivity index (χ4n) is 9.16. The van der Waals surface area contributed by atoms with Crippen LogP contribution in [0.4, 0.5) is 8.78 Å². The maximum absolute atomic E-state index is 14.2. The third-order valence-electron chi connectivity index (χ3n) is 12.0. The number of rotatable bonds is 6. The molecule has 0 radical (unpaired) electrons. The van der Waals surface area contributed by atoms with E-state index in [1.165, 1.54) is 36.3 Å². The van der Waals surface area contributed by atoms with Crippen LogP contribution < -0.4 is 0 Å². The molecular weight excluding hydrogens is 763 g/mol. The molecule has 3 fully saturated rings. The highest BCUT2D eigenvalue weighted by Crippen LogP contribution is 2.58. The molecule has 0 unspecified atom stereocenters. The molecule has 0 bridgehead atoms. The summed E-state index contributed by atoms with van der Waals surface area (Å²) >= 11 is 0. The third-order valence-corrected chi connectivity index (χ3v) is 14.3. The number of sulfone groups is 2. The van der Waals surface area contributed by atoms with Gasteiger partial charge in [-0.05, 0) is 147 Å². The second kappa shape index (κ2) is 14.9. The predicted molar refractivity (Wildman–Crippen MR) is 220 cm³/mol. The first-order valence-electron chi connectivity index (χ1n) is 19.6. The molecule has 9 rings (SSSR count). The molecule has 3 saturated carbocycles. The summed E-state index contributed by atoms with van der Waals surface area (Å²) in [6, 6.07) is 27.1. The first-order chi connectivity index (χ1) is 27.2. The molecule has 4 aromatic carbocycles. The van der Waals surface area contributed by atoms with E-state index in [1.807, 2.05) is 30.3 Å². The minimum absolute atomic E-state index is 0.267. The standard InChI is InChI=1S/C25H25FO3S.C22H21FO3S/c1-30(27,28)21-12-10-17(11-13-21)23-22(19-8-5-9-20(26)16-19)24(18-6-4-7-18)29-25(23)14-2-3-15-25;1-15-20(16-5-9-18(23)10-6-16)21(22(26-15)13-3-4-14-22)17-7-11-19(12-8-17)27(2,24)25/h5,8-13,16H,2-4,6-7,14-15H2,1H3;5-12H,1,3-4,13-14H2,2H3. The molecule has 296 valence electrons. The van der Waals surface area contributed by atoms with Crippen LogP contribution >= 0.6 is 0 Å². The van der Waals surface area contributed by atoms with Crippen LogP contribution in [-0.4, -0.2) is 40.5 Å². The monoisotopic (exact) mass is 808 g/mol. The van der Waals surface area contributed by atoms with Crippen molar-refractivity contribution in [1.29, 1.82) is 0 Å². The summed E-state index contributed by atoms with van der Waals surface area (Å²) in [5, 5.41) is 0. The summed E-state index contributed by atoms with van der Waals surface area (Å²) in [4.78, 5) is 0.588. The van der Waals surface area contributed by atoms with Crippen LogP contribution in [0.5, 0.6) is 0 Å². The van der Waals surface area contributed by atoms with Gasteiger partial charge >= 0.3 is 0 Å². The lowest BCUT2D eigenvalue weighted by atomic mass is 9.81.